The Kier molecular flexibility index (Phi) is 5.39. The number of nitro groups is 1. The molecular weight excluding hydrogens is 347 g/mol. The summed E-state index contributed by atoms with van der Waals surface area (Å²) in [4.78, 5) is 25.6. The standard InChI is InChI=1S/C14H10F3N3O3S/c15-14(16,17)24-13-11(2-1-7-18-13)12(21)19-8-9-3-5-10(6-4-9)20(22)23/h1-7H,8H2,(H,19,21). The number of amides is 1. The van der Waals surface area contributed by atoms with Gasteiger partial charge in [-0.3, -0.25) is 14.9 Å². The lowest BCUT2D eigenvalue weighted by molar-refractivity contribution is -0.384. The summed E-state index contributed by atoms with van der Waals surface area (Å²) in [5, 5.41) is 12.6. The van der Waals surface area contributed by atoms with Crippen LogP contribution in [0.3, 0.4) is 0 Å². The minimum atomic E-state index is -4.55. The van der Waals surface area contributed by atoms with Gasteiger partial charge >= 0.3 is 5.51 Å². The van der Waals surface area contributed by atoms with Gasteiger partial charge in [-0.05, 0) is 17.7 Å². The van der Waals surface area contributed by atoms with Crippen LogP contribution in [0.15, 0.2) is 47.6 Å². The quantitative estimate of drug-likeness (QED) is 0.503. The third kappa shape index (κ3) is 4.95. The molecule has 1 N–H and O–H groups in total. The first-order chi connectivity index (χ1) is 11.3. The fraction of sp³-hybridized carbons (Fsp3) is 0.143. The summed E-state index contributed by atoms with van der Waals surface area (Å²) in [6.07, 6.45) is 1.17. The molecule has 24 heavy (non-hydrogen) atoms. The first-order valence-electron chi connectivity index (χ1n) is 6.48. The van der Waals surface area contributed by atoms with E-state index in [1.165, 1.54) is 42.6 Å². The summed E-state index contributed by atoms with van der Waals surface area (Å²) in [6.45, 7) is 0.0157. The highest BCUT2D eigenvalue weighted by molar-refractivity contribution is 8.00. The van der Waals surface area contributed by atoms with Crippen LogP contribution in [0.5, 0.6) is 0 Å². The van der Waals surface area contributed by atoms with Crippen LogP contribution in [-0.2, 0) is 6.54 Å². The van der Waals surface area contributed by atoms with Crippen LogP contribution in [0.4, 0.5) is 18.9 Å². The fourth-order valence-electron chi connectivity index (χ4n) is 1.77. The molecule has 2 aromatic rings. The third-order valence-electron chi connectivity index (χ3n) is 2.83. The van der Waals surface area contributed by atoms with Crippen molar-refractivity contribution in [3.8, 4) is 0 Å². The number of alkyl halides is 3. The number of halogens is 3. The van der Waals surface area contributed by atoms with Crippen molar-refractivity contribution in [1.29, 1.82) is 0 Å². The minimum Gasteiger partial charge on any atom is -0.348 e. The van der Waals surface area contributed by atoms with Crippen LogP contribution in [0.2, 0.25) is 0 Å². The maximum Gasteiger partial charge on any atom is 0.447 e. The topological polar surface area (TPSA) is 85.1 Å². The highest BCUT2D eigenvalue weighted by Gasteiger charge is 2.32. The van der Waals surface area contributed by atoms with Crippen molar-refractivity contribution in [2.75, 3.05) is 0 Å². The Labute approximate surface area is 138 Å². The van der Waals surface area contributed by atoms with E-state index < -0.39 is 33.1 Å². The van der Waals surface area contributed by atoms with Gasteiger partial charge in [0.2, 0.25) is 0 Å². The van der Waals surface area contributed by atoms with Crippen LogP contribution < -0.4 is 5.32 Å². The highest BCUT2D eigenvalue weighted by atomic mass is 32.2. The van der Waals surface area contributed by atoms with Gasteiger partial charge in [-0.15, -0.1) is 0 Å². The van der Waals surface area contributed by atoms with E-state index in [0.29, 0.717) is 5.56 Å². The largest absolute Gasteiger partial charge is 0.447 e. The molecule has 0 unspecified atom stereocenters. The van der Waals surface area contributed by atoms with Crippen molar-refractivity contribution in [1.82, 2.24) is 10.3 Å². The van der Waals surface area contributed by atoms with Crippen LogP contribution in [0.25, 0.3) is 0 Å². The summed E-state index contributed by atoms with van der Waals surface area (Å²) < 4.78 is 37.4. The van der Waals surface area contributed by atoms with Gasteiger partial charge in [0, 0.05) is 36.6 Å². The summed E-state index contributed by atoms with van der Waals surface area (Å²) in [7, 11) is 0. The molecule has 0 fully saturated rings. The number of non-ortho nitro benzene ring substituents is 1. The number of carbonyl (C=O) groups excluding carboxylic acids is 1. The minimum absolute atomic E-state index is 0.0157. The summed E-state index contributed by atoms with van der Waals surface area (Å²) in [6, 6.07) is 8.06. The van der Waals surface area contributed by atoms with Gasteiger partial charge in [-0.2, -0.15) is 13.2 Å². The monoisotopic (exact) mass is 357 g/mol. The fourth-order valence-corrected chi connectivity index (χ4v) is 2.37. The van der Waals surface area contributed by atoms with Gasteiger partial charge in [-0.25, -0.2) is 4.98 Å². The first-order valence-corrected chi connectivity index (χ1v) is 7.30. The molecule has 1 aromatic heterocycles. The summed E-state index contributed by atoms with van der Waals surface area (Å²) >= 11 is -0.464. The predicted octanol–water partition coefficient (Wildman–Crippen LogP) is 3.53. The molecule has 0 aliphatic heterocycles. The van der Waals surface area contributed by atoms with Crippen LogP contribution in [0, 0.1) is 10.1 Å². The van der Waals surface area contributed by atoms with E-state index in [1.807, 2.05) is 0 Å². The second kappa shape index (κ2) is 7.30. The molecule has 0 atom stereocenters. The molecular formula is C14H10F3N3O3S. The zero-order valence-electron chi connectivity index (χ0n) is 11.9. The Morgan fingerprint density at radius 1 is 1.25 bits per heavy atom. The molecule has 0 aliphatic rings. The highest BCUT2D eigenvalue weighted by Crippen LogP contribution is 2.37. The Hall–Kier alpha value is -2.62. The first kappa shape index (κ1) is 17.7. The maximum atomic E-state index is 12.5. The molecule has 1 heterocycles. The zero-order valence-corrected chi connectivity index (χ0v) is 12.7. The number of pyridine rings is 1. The molecule has 1 aromatic carbocycles. The van der Waals surface area contributed by atoms with E-state index in [9.17, 15) is 28.1 Å². The number of rotatable bonds is 5. The van der Waals surface area contributed by atoms with Gasteiger partial charge in [0.05, 0.1) is 10.5 Å². The van der Waals surface area contributed by atoms with Gasteiger partial charge in [0.1, 0.15) is 5.03 Å². The number of nitro benzene ring substituents is 1. The average molecular weight is 357 g/mol. The third-order valence-corrected chi connectivity index (χ3v) is 3.58. The second-order valence-electron chi connectivity index (χ2n) is 4.51. The Balaban J connectivity index is 2.06. The van der Waals surface area contributed by atoms with E-state index in [4.69, 9.17) is 0 Å². The summed E-state index contributed by atoms with van der Waals surface area (Å²) in [5.74, 6) is -0.715. The van der Waals surface area contributed by atoms with Crippen molar-refractivity contribution in [2.24, 2.45) is 0 Å². The normalized spacial score (nSPS) is 11.1. The molecule has 2 rings (SSSR count). The maximum absolute atomic E-state index is 12.5. The molecule has 0 aliphatic carbocycles. The van der Waals surface area contributed by atoms with E-state index >= 15 is 0 Å². The number of nitrogens with one attached hydrogen (secondary N) is 1. The Morgan fingerprint density at radius 3 is 2.50 bits per heavy atom. The number of hydrogen-bond acceptors (Lipinski definition) is 5. The lowest BCUT2D eigenvalue weighted by Gasteiger charge is -2.10. The van der Waals surface area contributed by atoms with Crippen molar-refractivity contribution < 1.29 is 22.9 Å². The lowest BCUT2D eigenvalue weighted by atomic mass is 10.2. The average Bonchev–Trinajstić information content (AvgIpc) is 2.52. The van der Waals surface area contributed by atoms with Crippen molar-refractivity contribution in [3.05, 3.63) is 63.8 Å². The van der Waals surface area contributed by atoms with Crippen LogP contribution in [-0.4, -0.2) is 21.3 Å². The molecule has 126 valence electrons. The van der Waals surface area contributed by atoms with Crippen molar-refractivity contribution in [3.63, 3.8) is 0 Å². The van der Waals surface area contributed by atoms with Gasteiger partial charge < -0.3 is 5.32 Å². The number of hydrogen-bond donors (Lipinski definition) is 1. The van der Waals surface area contributed by atoms with Crippen LogP contribution >= 0.6 is 11.8 Å². The SMILES string of the molecule is O=C(NCc1ccc([N+](=O)[O-])cc1)c1cccnc1SC(F)(F)F. The Morgan fingerprint density at radius 2 is 1.92 bits per heavy atom. The van der Waals surface area contributed by atoms with E-state index in [-0.39, 0.29) is 17.8 Å². The van der Waals surface area contributed by atoms with Gasteiger partial charge in [0.15, 0.2) is 0 Å². The number of carbonyl (C=O) groups is 1. The predicted molar refractivity (Wildman–Crippen MR) is 80.4 cm³/mol. The smallest absolute Gasteiger partial charge is 0.348 e. The zero-order chi connectivity index (χ0) is 17.7. The molecule has 0 saturated carbocycles. The van der Waals surface area contributed by atoms with Gasteiger partial charge in [0.25, 0.3) is 11.6 Å². The molecule has 10 heteroatoms. The van der Waals surface area contributed by atoms with E-state index in [1.54, 1.807) is 0 Å². The van der Waals surface area contributed by atoms with Crippen LogP contribution in [0.1, 0.15) is 15.9 Å². The van der Waals surface area contributed by atoms with E-state index in [2.05, 4.69) is 10.3 Å². The number of aromatic nitrogens is 1. The van der Waals surface area contributed by atoms with Crippen molar-refractivity contribution in [2.45, 2.75) is 17.1 Å². The molecule has 0 saturated heterocycles. The van der Waals surface area contributed by atoms with Gasteiger partial charge in [-0.1, -0.05) is 12.1 Å². The molecule has 1 amide bonds. The number of nitrogens with zero attached hydrogens (tertiary/aromatic N) is 2. The van der Waals surface area contributed by atoms with E-state index in [0.717, 1.165) is 0 Å². The lowest BCUT2D eigenvalue weighted by Crippen LogP contribution is -2.24. The molecule has 0 radical (unpaired) electrons. The van der Waals surface area contributed by atoms with Crippen molar-refractivity contribution >= 4 is 23.4 Å². The number of thioether (sulfide) groups is 1. The molecule has 6 nitrogen and oxygen atoms in total. The summed E-state index contributed by atoms with van der Waals surface area (Å²) in [5.41, 5.74) is -4.27. The number of benzene rings is 1. The second-order valence-corrected chi connectivity index (χ2v) is 5.56. The Bertz CT molecular complexity index is 751. The molecule has 0 bridgehead atoms. The molecule has 0 spiro atoms.